The summed E-state index contributed by atoms with van der Waals surface area (Å²) in [5.74, 6) is 0.285. The number of anilines is 6. The highest BCUT2D eigenvalue weighted by Gasteiger charge is 2.60. The Hall–Kier alpha value is -5.80. The summed E-state index contributed by atoms with van der Waals surface area (Å²) >= 11 is 0. The number of aryl methyl sites for hydroxylation is 2. The van der Waals surface area contributed by atoms with Gasteiger partial charge < -0.3 is 9.80 Å². The lowest BCUT2D eigenvalue weighted by atomic mass is 9.32. The second-order valence-corrected chi connectivity index (χ2v) is 30.8. The summed E-state index contributed by atoms with van der Waals surface area (Å²) in [7, 11) is 0. The topological polar surface area (TPSA) is 6.48 Å². The normalized spacial score (nSPS) is 26.2. The van der Waals surface area contributed by atoms with Crippen LogP contribution in [0.4, 0.5) is 34.1 Å². The first-order valence-corrected chi connectivity index (χ1v) is 30.4. The van der Waals surface area contributed by atoms with Gasteiger partial charge in [-0.05, 0) is 227 Å². The van der Waals surface area contributed by atoms with Crippen LogP contribution in [-0.2, 0) is 37.9 Å². The lowest BCUT2D eigenvalue weighted by Gasteiger charge is -2.52. The molecule has 0 saturated heterocycles. The van der Waals surface area contributed by atoms with Crippen LogP contribution in [0.1, 0.15) is 227 Å². The summed E-state index contributed by atoms with van der Waals surface area (Å²) in [6.45, 7) is 40.1. The fraction of sp³-hybridized carbons (Fsp3) is 0.440. The van der Waals surface area contributed by atoms with Gasteiger partial charge in [0.05, 0.1) is 5.69 Å². The zero-order valence-electron chi connectivity index (χ0n) is 50.1. The zero-order chi connectivity index (χ0) is 54.6. The van der Waals surface area contributed by atoms with E-state index in [1.165, 1.54) is 169 Å². The monoisotopic (exact) mass is 1020 g/mol. The summed E-state index contributed by atoms with van der Waals surface area (Å²) in [4.78, 5) is 5.64. The molecule has 1 saturated carbocycles. The van der Waals surface area contributed by atoms with E-state index in [0.717, 1.165) is 0 Å². The lowest BCUT2D eigenvalue weighted by molar-refractivity contribution is 0.0923. The van der Waals surface area contributed by atoms with Crippen LogP contribution >= 0.6 is 0 Å². The van der Waals surface area contributed by atoms with Crippen molar-refractivity contribution in [3.63, 3.8) is 0 Å². The molecule has 78 heavy (non-hydrogen) atoms. The molecule has 5 aliphatic carbocycles. The van der Waals surface area contributed by atoms with Crippen LogP contribution in [0.15, 0.2) is 109 Å². The Morgan fingerprint density at radius 2 is 1.08 bits per heavy atom. The van der Waals surface area contributed by atoms with Gasteiger partial charge in [-0.1, -0.05) is 182 Å². The van der Waals surface area contributed by atoms with Crippen LogP contribution in [0.5, 0.6) is 0 Å². The van der Waals surface area contributed by atoms with Gasteiger partial charge in [0.2, 0.25) is 0 Å². The molecule has 0 aromatic heterocycles. The Morgan fingerprint density at radius 3 is 1.77 bits per heavy atom. The molecule has 15 rings (SSSR count). The Morgan fingerprint density at radius 1 is 0.462 bits per heavy atom. The Kier molecular flexibility index (Phi) is 9.57. The van der Waals surface area contributed by atoms with Crippen molar-refractivity contribution in [2.45, 2.75) is 206 Å². The van der Waals surface area contributed by atoms with Crippen molar-refractivity contribution in [3.05, 3.63) is 182 Å². The molecule has 0 spiro atoms. The van der Waals surface area contributed by atoms with E-state index in [-0.39, 0.29) is 56.0 Å². The molecule has 2 nitrogen and oxygen atoms in total. The van der Waals surface area contributed by atoms with Gasteiger partial charge in [0.15, 0.2) is 0 Å². The van der Waals surface area contributed by atoms with E-state index in [1.54, 1.807) is 16.7 Å². The largest absolute Gasteiger partial charge is 0.311 e. The van der Waals surface area contributed by atoms with Crippen molar-refractivity contribution >= 4 is 57.2 Å². The van der Waals surface area contributed by atoms with E-state index >= 15 is 0 Å². The maximum atomic E-state index is 2.83. The molecule has 0 amide bonds. The van der Waals surface area contributed by atoms with Crippen LogP contribution in [0.3, 0.4) is 0 Å². The predicted molar refractivity (Wildman–Crippen MR) is 332 cm³/mol. The highest BCUT2D eigenvalue weighted by atomic mass is 15.2. The van der Waals surface area contributed by atoms with Crippen LogP contribution in [0, 0.1) is 19.3 Å². The fourth-order valence-electron chi connectivity index (χ4n) is 18.6. The molecule has 0 N–H and O–H groups in total. The second kappa shape index (κ2) is 15.1. The third-order valence-corrected chi connectivity index (χ3v) is 23.6. The first kappa shape index (κ1) is 49.3. The van der Waals surface area contributed by atoms with E-state index in [9.17, 15) is 0 Å². The van der Waals surface area contributed by atoms with Gasteiger partial charge in [-0.15, -0.1) is 0 Å². The van der Waals surface area contributed by atoms with Gasteiger partial charge in [0.25, 0.3) is 6.71 Å². The van der Waals surface area contributed by atoms with Crippen LogP contribution in [-0.4, -0.2) is 6.71 Å². The van der Waals surface area contributed by atoms with E-state index in [1.807, 2.05) is 0 Å². The van der Waals surface area contributed by atoms with Crippen molar-refractivity contribution in [2.75, 3.05) is 9.80 Å². The standard InChI is InChI=1S/C75H83BN2/c1-43-36-52-54(71(10,11)34-32-69(52,6)7)41-59(43)77-60-38-45(64-49-28-27-46(68(3,4)5)39-51(49)73(14)30-19-20-31-74(64,73)15)26-29-56(60)76-57-40-53-55(72(12,13)35-33-70(53,8)9)42-61(57)78-58-25-21-23-48-47-22-17-18-24-50(47)75(16,65(48)58)63-44(2)37-62(77)66(76)67(63)78/h17-18,21-29,36-42,64H,19-20,30-35H2,1-16H3. The van der Waals surface area contributed by atoms with E-state index < -0.39 is 0 Å². The second-order valence-electron chi connectivity index (χ2n) is 30.8. The summed E-state index contributed by atoms with van der Waals surface area (Å²) in [5, 5.41) is 0. The summed E-state index contributed by atoms with van der Waals surface area (Å²) in [6, 6.07) is 45.9. The Labute approximate surface area is 468 Å². The molecule has 4 atom stereocenters. The molecule has 0 bridgehead atoms. The average Bonchev–Trinajstić information content (AvgIpc) is 2.26. The molecule has 8 aliphatic rings. The van der Waals surface area contributed by atoms with E-state index in [2.05, 4.69) is 230 Å². The summed E-state index contributed by atoms with van der Waals surface area (Å²) in [5.41, 5.74) is 34.9. The van der Waals surface area contributed by atoms with Crippen LogP contribution in [0.25, 0.3) is 11.1 Å². The van der Waals surface area contributed by atoms with Gasteiger partial charge >= 0.3 is 0 Å². The number of benzene rings is 7. The third-order valence-electron chi connectivity index (χ3n) is 23.6. The van der Waals surface area contributed by atoms with Gasteiger partial charge in [-0.3, -0.25) is 0 Å². The molecular weight excluding hydrogens is 940 g/mol. The highest BCUT2D eigenvalue weighted by Crippen LogP contribution is 2.69. The molecule has 1 fully saturated rings. The SMILES string of the molecule is Cc1cc2c(cc1N1c3cc(C4c5ccc(C(C)(C)C)cc5C5(C)CCCCC45C)ccc3B3c4cc5c(cc4N4c6cccc7c6C(C)(c6ccccc6-7)c6c(C)cc1c3c64)C(C)(C)CCC5(C)C)C(C)(C)CCC2(C)C. The number of hydrogen-bond donors (Lipinski definition) is 0. The molecule has 4 unspecified atom stereocenters. The molecular formula is C75H83BN2. The van der Waals surface area contributed by atoms with Crippen molar-refractivity contribution in [1.29, 1.82) is 0 Å². The van der Waals surface area contributed by atoms with Gasteiger partial charge in [0.1, 0.15) is 0 Å². The molecule has 7 aromatic carbocycles. The minimum Gasteiger partial charge on any atom is -0.311 e. The molecule has 3 heterocycles. The number of nitrogens with zero attached hydrogens (tertiary/aromatic N) is 2. The zero-order valence-corrected chi connectivity index (χ0v) is 50.1. The number of rotatable bonds is 2. The fourth-order valence-corrected chi connectivity index (χ4v) is 18.6. The quantitative estimate of drug-likeness (QED) is 0.159. The maximum Gasteiger partial charge on any atom is 0.252 e. The van der Waals surface area contributed by atoms with Crippen LogP contribution in [0.2, 0.25) is 0 Å². The van der Waals surface area contributed by atoms with Crippen molar-refractivity contribution < 1.29 is 0 Å². The first-order valence-electron chi connectivity index (χ1n) is 30.4. The smallest absolute Gasteiger partial charge is 0.252 e. The summed E-state index contributed by atoms with van der Waals surface area (Å²) < 4.78 is 0. The minimum absolute atomic E-state index is 0.0334. The van der Waals surface area contributed by atoms with Gasteiger partial charge in [-0.2, -0.15) is 0 Å². The summed E-state index contributed by atoms with van der Waals surface area (Å²) in [6.07, 6.45) is 9.83. The van der Waals surface area contributed by atoms with E-state index in [0.29, 0.717) is 0 Å². The molecule has 3 aliphatic heterocycles. The Balaban J connectivity index is 1.07. The molecule has 3 heteroatoms. The van der Waals surface area contributed by atoms with Gasteiger partial charge in [-0.25, -0.2) is 0 Å². The number of fused-ring (bicyclic) bond motifs is 15. The van der Waals surface area contributed by atoms with Crippen LogP contribution < -0.4 is 26.2 Å². The lowest BCUT2D eigenvalue weighted by Crippen LogP contribution is -2.63. The maximum absolute atomic E-state index is 2.83. The van der Waals surface area contributed by atoms with Gasteiger partial charge in [0, 0.05) is 39.8 Å². The van der Waals surface area contributed by atoms with Crippen molar-refractivity contribution in [1.82, 2.24) is 0 Å². The van der Waals surface area contributed by atoms with Crippen molar-refractivity contribution in [3.8, 4) is 11.1 Å². The molecule has 0 radical (unpaired) electrons. The first-order chi connectivity index (χ1) is 36.7. The molecule has 396 valence electrons. The van der Waals surface area contributed by atoms with Crippen molar-refractivity contribution in [2.24, 2.45) is 5.41 Å². The Bertz CT molecular complexity index is 3850. The highest BCUT2D eigenvalue weighted by molar-refractivity contribution is 7.00. The minimum atomic E-state index is -0.331. The molecule has 7 aromatic rings. The average molecular weight is 1020 g/mol. The number of hydrogen-bond acceptors (Lipinski definition) is 2. The predicted octanol–water partition coefficient (Wildman–Crippen LogP) is 18.0. The third kappa shape index (κ3) is 5.98. The van der Waals surface area contributed by atoms with E-state index in [4.69, 9.17) is 0 Å².